The minimum atomic E-state index is -0.869. The molecule has 1 saturated heterocycles. The predicted octanol–water partition coefficient (Wildman–Crippen LogP) is 6.82. The zero-order chi connectivity index (χ0) is 27.5. The van der Waals surface area contributed by atoms with Crippen molar-refractivity contribution in [1.82, 2.24) is 10.2 Å². The van der Waals surface area contributed by atoms with Gasteiger partial charge in [-0.2, -0.15) is 0 Å². The highest BCUT2D eigenvalue weighted by molar-refractivity contribution is 8.00. The summed E-state index contributed by atoms with van der Waals surface area (Å²) < 4.78 is 6.11. The summed E-state index contributed by atoms with van der Waals surface area (Å²) in [7, 11) is 0. The summed E-state index contributed by atoms with van der Waals surface area (Å²) in [5.74, 6) is -0.603. The summed E-state index contributed by atoms with van der Waals surface area (Å²) in [6, 6.07) is 20.9. The number of hydrogen-bond donors (Lipinski definition) is 1. The van der Waals surface area contributed by atoms with Crippen molar-refractivity contribution in [2.45, 2.75) is 30.0 Å². The van der Waals surface area contributed by atoms with Crippen molar-refractivity contribution in [3.05, 3.63) is 106 Å². The molecule has 1 N–H and O–H groups in total. The highest BCUT2D eigenvalue weighted by atomic mass is 35.5. The minimum absolute atomic E-state index is 0.00603. The van der Waals surface area contributed by atoms with Gasteiger partial charge in [-0.15, -0.1) is 10.2 Å². The van der Waals surface area contributed by atoms with Gasteiger partial charge in [-0.05, 0) is 55.3 Å². The molecular weight excluding hydrogens is 554 g/mol. The number of benzene rings is 3. The average Bonchev–Trinajstić information content (AvgIpc) is 3.51. The number of nitrogens with zero attached hydrogens (tertiary/aromatic N) is 3. The van der Waals surface area contributed by atoms with Crippen molar-refractivity contribution in [3.63, 3.8) is 0 Å². The quantitative estimate of drug-likeness (QED) is 0.0807. The number of Topliss-reactive ketones (excluding diaryl/α,β-unsaturated/α-hetero) is 1. The summed E-state index contributed by atoms with van der Waals surface area (Å²) >= 11 is 8.93. The van der Waals surface area contributed by atoms with Crippen molar-refractivity contribution >= 4 is 57.3 Å². The fourth-order valence-corrected chi connectivity index (χ4v) is 6.39. The van der Waals surface area contributed by atoms with Gasteiger partial charge in [0.25, 0.3) is 5.78 Å². The van der Waals surface area contributed by atoms with Crippen molar-refractivity contribution < 1.29 is 19.4 Å². The lowest BCUT2D eigenvalue weighted by atomic mass is 9.95. The number of aliphatic hydroxyl groups excluding tert-OH is 1. The molecular formula is C29H24ClN3O4S2. The highest BCUT2D eigenvalue weighted by Gasteiger charge is 2.48. The molecule has 7 nitrogen and oxygen atoms in total. The van der Waals surface area contributed by atoms with E-state index in [4.69, 9.17) is 16.3 Å². The molecule has 1 amide bonds. The van der Waals surface area contributed by atoms with Crippen LogP contribution in [0.2, 0.25) is 5.02 Å². The van der Waals surface area contributed by atoms with E-state index in [9.17, 15) is 14.7 Å². The molecule has 5 rings (SSSR count). The lowest BCUT2D eigenvalue weighted by Gasteiger charge is -2.22. The fraction of sp³-hybridized carbons (Fsp3) is 0.172. The number of aliphatic hydroxyl groups is 1. The van der Waals surface area contributed by atoms with E-state index >= 15 is 0 Å². The van der Waals surface area contributed by atoms with Crippen LogP contribution < -0.4 is 9.64 Å². The molecule has 10 heteroatoms. The second-order valence-electron chi connectivity index (χ2n) is 8.77. The maximum atomic E-state index is 13.4. The normalized spacial score (nSPS) is 16.6. The summed E-state index contributed by atoms with van der Waals surface area (Å²) in [6.07, 6.45) is 0. The van der Waals surface area contributed by atoms with E-state index in [0.29, 0.717) is 38.6 Å². The summed E-state index contributed by atoms with van der Waals surface area (Å²) in [6.45, 7) is 4.34. The number of hydrogen-bond acceptors (Lipinski definition) is 8. The van der Waals surface area contributed by atoms with Gasteiger partial charge in [-0.3, -0.25) is 14.5 Å². The minimum Gasteiger partial charge on any atom is -0.507 e. The summed E-state index contributed by atoms with van der Waals surface area (Å²) in [5, 5.41) is 20.8. The van der Waals surface area contributed by atoms with Crippen LogP contribution in [0.25, 0.3) is 5.76 Å². The lowest BCUT2D eigenvalue weighted by molar-refractivity contribution is -0.132. The number of rotatable bonds is 8. The number of thioether (sulfide) groups is 1. The van der Waals surface area contributed by atoms with Gasteiger partial charge in [0, 0.05) is 16.3 Å². The molecule has 0 bridgehead atoms. The zero-order valence-corrected chi connectivity index (χ0v) is 23.5. The van der Waals surface area contributed by atoms with Crippen LogP contribution in [-0.2, 0) is 15.3 Å². The maximum absolute atomic E-state index is 13.4. The molecule has 3 aromatic carbocycles. The molecule has 1 atom stereocenters. The third-order valence-corrected chi connectivity index (χ3v) is 8.66. The molecule has 0 spiro atoms. The van der Waals surface area contributed by atoms with Crippen LogP contribution in [0.1, 0.15) is 35.2 Å². The first-order valence-electron chi connectivity index (χ1n) is 12.2. The van der Waals surface area contributed by atoms with Gasteiger partial charge in [0.2, 0.25) is 5.13 Å². The van der Waals surface area contributed by atoms with Gasteiger partial charge in [0.05, 0.1) is 18.2 Å². The van der Waals surface area contributed by atoms with Gasteiger partial charge in [-0.25, -0.2) is 0 Å². The van der Waals surface area contributed by atoms with E-state index in [1.165, 1.54) is 28.0 Å². The molecule has 1 aromatic heterocycles. The topological polar surface area (TPSA) is 92.6 Å². The number of ether oxygens (including phenoxy) is 1. The number of carbonyl (C=O) groups is 2. The van der Waals surface area contributed by atoms with Crippen molar-refractivity contribution in [3.8, 4) is 5.75 Å². The smallest absolute Gasteiger partial charge is 0.301 e. The Labute approximate surface area is 239 Å². The third-order valence-electron chi connectivity index (χ3n) is 6.19. The fourth-order valence-electron chi connectivity index (χ4n) is 4.24. The molecule has 0 saturated carbocycles. The lowest BCUT2D eigenvalue weighted by Crippen LogP contribution is -2.29. The average molecular weight is 578 g/mol. The standard InChI is InChI=1S/C29H24ClN3O4S2/c1-3-37-21-14-12-19(13-15-21)25(34)23-24(18-10-8-17(2)9-11-18)33(27(36)26(23)35)28-31-32-29(39-28)38-16-20-6-4-5-7-22(20)30/h4-15,24,34H,3,16H2,1-2H3/b25-23-. The van der Waals surface area contributed by atoms with E-state index in [1.807, 2.05) is 62.4 Å². The van der Waals surface area contributed by atoms with Gasteiger partial charge >= 0.3 is 5.91 Å². The second-order valence-corrected chi connectivity index (χ2v) is 11.4. The largest absolute Gasteiger partial charge is 0.507 e. The van der Waals surface area contributed by atoms with Gasteiger partial charge in [0.15, 0.2) is 4.34 Å². The Balaban J connectivity index is 1.52. The van der Waals surface area contributed by atoms with Crippen molar-refractivity contribution in [1.29, 1.82) is 0 Å². The number of anilines is 1. The molecule has 0 radical (unpaired) electrons. The molecule has 0 aliphatic carbocycles. The second kappa shape index (κ2) is 11.6. The van der Waals surface area contributed by atoms with E-state index < -0.39 is 17.7 Å². The number of aryl methyl sites for hydroxylation is 1. The van der Waals surface area contributed by atoms with E-state index in [2.05, 4.69) is 10.2 Å². The SMILES string of the molecule is CCOc1ccc(/C(O)=C2/C(=O)C(=O)N(c3nnc(SCc4ccccc4Cl)s3)C2c2ccc(C)cc2)cc1. The zero-order valence-electron chi connectivity index (χ0n) is 21.1. The number of carbonyl (C=O) groups excluding carboxylic acids is 2. The summed E-state index contributed by atoms with van der Waals surface area (Å²) in [4.78, 5) is 28.1. The van der Waals surface area contributed by atoms with Gasteiger partial charge < -0.3 is 9.84 Å². The number of ketones is 1. The van der Waals surface area contributed by atoms with E-state index in [1.54, 1.807) is 24.3 Å². The van der Waals surface area contributed by atoms with Crippen LogP contribution in [0.15, 0.2) is 82.7 Å². The van der Waals surface area contributed by atoms with Crippen molar-refractivity contribution in [2.75, 3.05) is 11.5 Å². The van der Waals surface area contributed by atoms with Gasteiger partial charge in [0.1, 0.15) is 11.5 Å². The molecule has 4 aromatic rings. The Bertz CT molecular complexity index is 1550. The highest BCUT2D eigenvalue weighted by Crippen LogP contribution is 2.44. The predicted molar refractivity (Wildman–Crippen MR) is 154 cm³/mol. The number of halogens is 1. The number of aromatic nitrogens is 2. The Morgan fingerprint density at radius 3 is 2.46 bits per heavy atom. The first-order valence-corrected chi connectivity index (χ1v) is 14.4. The monoisotopic (exact) mass is 577 g/mol. The van der Waals surface area contributed by atoms with Gasteiger partial charge in [-0.1, -0.05) is 82.7 Å². The number of amides is 1. The van der Waals surface area contributed by atoms with Crippen LogP contribution >= 0.6 is 34.7 Å². The van der Waals surface area contributed by atoms with E-state index in [-0.39, 0.29) is 16.5 Å². The summed E-state index contributed by atoms with van der Waals surface area (Å²) in [5.41, 5.74) is 3.05. The third kappa shape index (κ3) is 5.56. The van der Waals surface area contributed by atoms with Crippen LogP contribution in [0.3, 0.4) is 0 Å². The molecule has 1 fully saturated rings. The van der Waals surface area contributed by atoms with E-state index in [0.717, 1.165) is 11.1 Å². The van der Waals surface area contributed by atoms with Crippen LogP contribution in [0.5, 0.6) is 5.75 Å². The first-order chi connectivity index (χ1) is 18.9. The van der Waals surface area contributed by atoms with Crippen LogP contribution in [-0.4, -0.2) is 33.6 Å². The van der Waals surface area contributed by atoms with Crippen LogP contribution in [0, 0.1) is 6.92 Å². The molecule has 1 aliphatic rings. The Kier molecular flexibility index (Phi) is 8.02. The molecule has 1 unspecified atom stereocenters. The Morgan fingerprint density at radius 1 is 1.05 bits per heavy atom. The first kappa shape index (κ1) is 26.9. The Hall–Kier alpha value is -3.66. The molecule has 198 valence electrons. The Morgan fingerprint density at radius 2 is 1.77 bits per heavy atom. The molecule has 2 heterocycles. The molecule has 39 heavy (non-hydrogen) atoms. The van der Waals surface area contributed by atoms with Crippen LogP contribution in [0.4, 0.5) is 5.13 Å². The maximum Gasteiger partial charge on any atom is 0.301 e. The van der Waals surface area contributed by atoms with Crippen molar-refractivity contribution in [2.24, 2.45) is 0 Å². The molecule has 1 aliphatic heterocycles.